The van der Waals surface area contributed by atoms with Gasteiger partial charge in [-0.1, -0.05) is 12.1 Å². The molecule has 0 aromatic heterocycles. The highest BCUT2D eigenvalue weighted by atomic mass is 16.3. The van der Waals surface area contributed by atoms with E-state index in [9.17, 15) is 19.5 Å². The number of carbonyl (C=O) groups excluding carboxylic acids is 3. The summed E-state index contributed by atoms with van der Waals surface area (Å²) in [6.07, 6.45) is 3.84. The van der Waals surface area contributed by atoms with Gasteiger partial charge in [0.05, 0.1) is 6.10 Å². The van der Waals surface area contributed by atoms with Crippen molar-refractivity contribution in [2.75, 3.05) is 19.6 Å². The van der Waals surface area contributed by atoms with Crippen molar-refractivity contribution in [1.29, 1.82) is 0 Å². The molecule has 2 fully saturated rings. The molecule has 2 heterocycles. The van der Waals surface area contributed by atoms with Crippen LogP contribution in [0.2, 0.25) is 0 Å². The maximum Gasteiger partial charge on any atom is 0.251 e. The third kappa shape index (κ3) is 3.69. The van der Waals surface area contributed by atoms with Gasteiger partial charge in [0.1, 0.15) is 5.54 Å². The zero-order chi connectivity index (χ0) is 20.6. The molecule has 1 aromatic carbocycles. The number of nitrogens with one attached hydrogen (secondary N) is 2. The van der Waals surface area contributed by atoms with Crippen LogP contribution in [0.25, 0.3) is 0 Å². The number of hydrogen-bond donors (Lipinski definition) is 3. The van der Waals surface area contributed by atoms with Crippen molar-refractivity contribution < 1.29 is 19.5 Å². The molecule has 7 nitrogen and oxygen atoms in total. The molecule has 2 amide bonds. The van der Waals surface area contributed by atoms with Gasteiger partial charge < -0.3 is 15.7 Å². The smallest absolute Gasteiger partial charge is 0.251 e. The van der Waals surface area contributed by atoms with Crippen LogP contribution in [-0.4, -0.2) is 64.9 Å². The van der Waals surface area contributed by atoms with Gasteiger partial charge in [-0.2, -0.15) is 0 Å². The van der Waals surface area contributed by atoms with Gasteiger partial charge in [-0.15, -0.1) is 0 Å². The summed E-state index contributed by atoms with van der Waals surface area (Å²) < 4.78 is 0. The van der Waals surface area contributed by atoms with Gasteiger partial charge in [0.25, 0.3) is 5.91 Å². The number of Topliss-reactive ketones (excluding diaryl/α,β-unsaturated/α-hetero) is 1. The molecular formula is C22H29N3O4. The van der Waals surface area contributed by atoms with Crippen LogP contribution in [0, 0.1) is 0 Å². The third-order valence-corrected chi connectivity index (χ3v) is 6.54. The Hall–Kier alpha value is -2.25. The lowest BCUT2D eigenvalue weighted by molar-refractivity contribution is -0.134. The van der Waals surface area contributed by atoms with Crippen LogP contribution in [0.1, 0.15) is 65.3 Å². The topological polar surface area (TPSA) is 98.7 Å². The van der Waals surface area contributed by atoms with Gasteiger partial charge >= 0.3 is 0 Å². The Balaban J connectivity index is 1.49. The molecule has 0 saturated carbocycles. The van der Waals surface area contributed by atoms with Crippen LogP contribution in [0.5, 0.6) is 0 Å². The average molecular weight is 399 g/mol. The van der Waals surface area contributed by atoms with Crippen molar-refractivity contribution >= 4 is 17.6 Å². The van der Waals surface area contributed by atoms with E-state index in [2.05, 4.69) is 15.5 Å². The minimum absolute atomic E-state index is 0.0546. The monoisotopic (exact) mass is 399 g/mol. The van der Waals surface area contributed by atoms with Crippen molar-refractivity contribution in [1.82, 2.24) is 15.5 Å². The Morgan fingerprint density at radius 3 is 2.93 bits per heavy atom. The first-order valence-electron chi connectivity index (χ1n) is 10.6. The van der Waals surface area contributed by atoms with Gasteiger partial charge in [-0.25, -0.2) is 0 Å². The van der Waals surface area contributed by atoms with Gasteiger partial charge in [0.15, 0.2) is 5.78 Å². The predicted molar refractivity (Wildman–Crippen MR) is 108 cm³/mol. The summed E-state index contributed by atoms with van der Waals surface area (Å²) in [5.74, 6) is -0.122. The van der Waals surface area contributed by atoms with Crippen molar-refractivity contribution in [3.05, 3.63) is 34.9 Å². The molecule has 2 aliphatic heterocycles. The number of piperidine rings is 1. The number of carbonyl (C=O) groups is 3. The molecule has 3 aliphatic rings. The van der Waals surface area contributed by atoms with Crippen LogP contribution in [0.4, 0.5) is 0 Å². The van der Waals surface area contributed by atoms with Crippen molar-refractivity contribution in [2.24, 2.45) is 0 Å². The number of benzene rings is 1. The van der Waals surface area contributed by atoms with Crippen LogP contribution in [0.3, 0.4) is 0 Å². The van der Waals surface area contributed by atoms with Crippen LogP contribution >= 0.6 is 0 Å². The minimum atomic E-state index is -0.611. The Kier molecular flexibility index (Phi) is 5.44. The number of fused-ring (bicyclic) bond motifs is 2. The minimum Gasteiger partial charge on any atom is -0.392 e. The quantitative estimate of drug-likeness (QED) is 0.687. The molecule has 3 N–H and O–H groups in total. The van der Waals surface area contributed by atoms with Crippen LogP contribution < -0.4 is 10.6 Å². The summed E-state index contributed by atoms with van der Waals surface area (Å²) in [6, 6.07) is 5.21. The summed E-state index contributed by atoms with van der Waals surface area (Å²) in [5.41, 5.74) is 1.47. The molecular weight excluding hydrogens is 370 g/mol. The van der Waals surface area contributed by atoms with Crippen LogP contribution in [0.15, 0.2) is 18.2 Å². The molecule has 1 aromatic rings. The Morgan fingerprint density at radius 1 is 1.31 bits per heavy atom. The van der Waals surface area contributed by atoms with E-state index in [-0.39, 0.29) is 30.2 Å². The van der Waals surface area contributed by atoms with Gasteiger partial charge in [0.2, 0.25) is 5.91 Å². The lowest BCUT2D eigenvalue weighted by atomic mass is 9.84. The van der Waals surface area contributed by atoms with Gasteiger partial charge in [-0.05, 0) is 57.2 Å². The average Bonchev–Trinajstić information content (AvgIpc) is 3.27. The van der Waals surface area contributed by atoms with E-state index >= 15 is 0 Å². The number of rotatable bonds is 5. The van der Waals surface area contributed by atoms with E-state index in [1.165, 1.54) is 0 Å². The van der Waals surface area contributed by atoms with Gasteiger partial charge in [0, 0.05) is 36.7 Å². The molecule has 2 saturated heterocycles. The zero-order valence-corrected chi connectivity index (χ0v) is 16.9. The second-order valence-corrected chi connectivity index (χ2v) is 8.62. The molecule has 7 heteroatoms. The highest BCUT2D eigenvalue weighted by molar-refractivity contribution is 6.05. The van der Waals surface area contributed by atoms with E-state index in [0.29, 0.717) is 36.9 Å². The number of ketones is 1. The Bertz CT molecular complexity index is 837. The molecule has 29 heavy (non-hydrogen) atoms. The number of amides is 2. The van der Waals surface area contributed by atoms with Gasteiger partial charge in [-0.3, -0.25) is 19.3 Å². The molecule has 3 atom stereocenters. The van der Waals surface area contributed by atoms with Crippen molar-refractivity contribution in [2.45, 2.75) is 63.1 Å². The largest absolute Gasteiger partial charge is 0.392 e. The van der Waals surface area contributed by atoms with E-state index in [0.717, 1.165) is 31.4 Å². The van der Waals surface area contributed by atoms with Crippen molar-refractivity contribution in [3.8, 4) is 0 Å². The molecule has 1 aliphatic carbocycles. The summed E-state index contributed by atoms with van der Waals surface area (Å²) in [4.78, 5) is 40.1. The highest BCUT2D eigenvalue weighted by Crippen LogP contribution is 2.38. The summed E-state index contributed by atoms with van der Waals surface area (Å²) >= 11 is 0. The maximum atomic E-state index is 13.0. The second kappa shape index (κ2) is 7.88. The summed E-state index contributed by atoms with van der Waals surface area (Å²) in [7, 11) is 0. The Morgan fingerprint density at radius 2 is 2.14 bits per heavy atom. The normalized spacial score (nSPS) is 27.2. The SMILES string of the molecule is C[C@H](O)CNC(=O)[C@@]12CCCCN1C[C@@H](NC(=O)c1cccc3c1CCC3=O)C2. The number of aliphatic hydroxyl groups excluding tert-OH is 1. The van der Waals surface area contributed by atoms with E-state index in [1.807, 2.05) is 0 Å². The zero-order valence-electron chi connectivity index (χ0n) is 16.9. The number of nitrogens with zero attached hydrogens (tertiary/aromatic N) is 1. The molecule has 0 bridgehead atoms. The Labute approximate surface area is 170 Å². The summed E-state index contributed by atoms with van der Waals surface area (Å²) in [5, 5.41) is 15.5. The first-order chi connectivity index (χ1) is 13.9. The fraction of sp³-hybridized carbons (Fsp3) is 0.591. The lowest BCUT2D eigenvalue weighted by Crippen LogP contribution is -2.58. The fourth-order valence-corrected chi connectivity index (χ4v) is 5.15. The molecule has 0 radical (unpaired) electrons. The van der Waals surface area contributed by atoms with E-state index in [1.54, 1.807) is 25.1 Å². The molecule has 156 valence electrons. The van der Waals surface area contributed by atoms with E-state index in [4.69, 9.17) is 0 Å². The lowest BCUT2D eigenvalue weighted by Gasteiger charge is -2.40. The fourth-order valence-electron chi connectivity index (χ4n) is 5.15. The number of aliphatic hydroxyl groups is 1. The standard InChI is InChI=1S/C22H29N3O4/c1-14(26)12-23-21(29)22-9-2-3-10-25(22)13-15(11-22)24-20(28)18-6-4-5-17-16(18)7-8-19(17)27/h4-6,14-15,26H,2-3,7-13H2,1H3,(H,23,29)(H,24,28)/t14-,15-,22-/m0/s1. The highest BCUT2D eigenvalue weighted by Gasteiger charge is 2.52. The first kappa shape index (κ1) is 20.0. The maximum absolute atomic E-state index is 13.0. The van der Waals surface area contributed by atoms with Crippen molar-refractivity contribution in [3.63, 3.8) is 0 Å². The predicted octanol–water partition coefficient (Wildman–Crippen LogP) is 1.04. The third-order valence-electron chi connectivity index (χ3n) is 6.54. The first-order valence-corrected chi connectivity index (χ1v) is 10.6. The number of hydrogen-bond acceptors (Lipinski definition) is 5. The van der Waals surface area contributed by atoms with Crippen LogP contribution in [-0.2, 0) is 11.2 Å². The van der Waals surface area contributed by atoms with E-state index < -0.39 is 11.6 Å². The molecule has 0 spiro atoms. The molecule has 0 unspecified atom stereocenters. The summed E-state index contributed by atoms with van der Waals surface area (Å²) in [6.45, 7) is 3.36. The molecule has 4 rings (SSSR count). The second-order valence-electron chi connectivity index (χ2n) is 8.62.